The van der Waals surface area contributed by atoms with E-state index in [9.17, 15) is 13.2 Å². The van der Waals surface area contributed by atoms with Gasteiger partial charge >= 0.3 is 6.18 Å². The van der Waals surface area contributed by atoms with Crippen LogP contribution in [0.1, 0.15) is 24.1 Å². The SMILES string of the molecule is FC(F)(F)c1cccc(N2CCC(Cc3cnc[nH]3)CC2)c1. The highest BCUT2D eigenvalue weighted by molar-refractivity contribution is 5.49. The molecule has 0 bridgehead atoms. The molecule has 1 aromatic carbocycles. The predicted molar refractivity (Wildman–Crippen MR) is 78.7 cm³/mol. The number of nitrogens with zero attached hydrogens (tertiary/aromatic N) is 2. The third-order valence-electron chi connectivity index (χ3n) is 4.22. The zero-order valence-corrected chi connectivity index (χ0v) is 12.1. The lowest BCUT2D eigenvalue weighted by Crippen LogP contribution is -2.34. The standard InChI is InChI=1S/C16H18F3N3/c17-16(18,19)13-2-1-3-15(9-13)22-6-4-12(5-7-22)8-14-10-20-11-21-14/h1-3,9-12H,4-8H2,(H,20,21). The van der Waals surface area contributed by atoms with Crippen LogP contribution >= 0.6 is 0 Å². The fourth-order valence-corrected chi connectivity index (χ4v) is 2.98. The number of alkyl halides is 3. The molecule has 0 radical (unpaired) electrons. The van der Waals surface area contributed by atoms with Crippen molar-refractivity contribution in [3.05, 3.63) is 48.0 Å². The molecule has 22 heavy (non-hydrogen) atoms. The molecule has 0 amide bonds. The zero-order chi connectivity index (χ0) is 15.6. The van der Waals surface area contributed by atoms with E-state index in [1.54, 1.807) is 12.4 Å². The van der Waals surface area contributed by atoms with E-state index in [1.165, 1.54) is 12.1 Å². The summed E-state index contributed by atoms with van der Waals surface area (Å²) >= 11 is 0. The minimum atomic E-state index is -4.28. The highest BCUT2D eigenvalue weighted by atomic mass is 19.4. The maximum absolute atomic E-state index is 12.8. The van der Waals surface area contributed by atoms with Gasteiger partial charge in [0.25, 0.3) is 0 Å². The summed E-state index contributed by atoms with van der Waals surface area (Å²) < 4.78 is 38.3. The molecule has 0 aliphatic carbocycles. The Balaban J connectivity index is 1.61. The second-order valence-electron chi connectivity index (χ2n) is 5.76. The second kappa shape index (κ2) is 6.02. The minimum absolute atomic E-state index is 0.558. The Morgan fingerprint density at radius 3 is 2.64 bits per heavy atom. The van der Waals surface area contributed by atoms with Gasteiger partial charge in [-0.1, -0.05) is 6.07 Å². The van der Waals surface area contributed by atoms with Crippen LogP contribution in [0.4, 0.5) is 18.9 Å². The first-order chi connectivity index (χ1) is 10.5. The van der Waals surface area contributed by atoms with E-state index >= 15 is 0 Å². The number of halogens is 3. The number of aromatic nitrogens is 2. The van der Waals surface area contributed by atoms with Gasteiger partial charge in [0, 0.05) is 30.7 Å². The molecule has 1 N–H and O–H groups in total. The largest absolute Gasteiger partial charge is 0.416 e. The van der Waals surface area contributed by atoms with Crippen LogP contribution < -0.4 is 4.90 Å². The summed E-state index contributed by atoms with van der Waals surface area (Å²) in [6.45, 7) is 1.58. The summed E-state index contributed by atoms with van der Waals surface area (Å²) in [5.74, 6) is 0.558. The van der Waals surface area contributed by atoms with Crippen molar-refractivity contribution in [1.82, 2.24) is 9.97 Å². The molecule has 0 saturated carbocycles. The first-order valence-corrected chi connectivity index (χ1v) is 7.42. The summed E-state index contributed by atoms with van der Waals surface area (Å²) in [6.07, 6.45) is 2.14. The summed E-state index contributed by atoms with van der Waals surface area (Å²) in [5, 5.41) is 0. The Bertz CT molecular complexity index is 599. The van der Waals surface area contributed by atoms with Crippen molar-refractivity contribution in [2.24, 2.45) is 5.92 Å². The predicted octanol–water partition coefficient (Wildman–Crippen LogP) is 3.89. The number of piperidine rings is 1. The van der Waals surface area contributed by atoms with Gasteiger partial charge in [0.1, 0.15) is 0 Å². The minimum Gasteiger partial charge on any atom is -0.372 e. The van der Waals surface area contributed by atoms with Gasteiger partial charge in [0.05, 0.1) is 11.9 Å². The normalized spacial score (nSPS) is 17.0. The van der Waals surface area contributed by atoms with Crippen molar-refractivity contribution in [1.29, 1.82) is 0 Å². The molecule has 118 valence electrons. The molecule has 3 nitrogen and oxygen atoms in total. The fraction of sp³-hybridized carbons (Fsp3) is 0.438. The Kier molecular flexibility index (Phi) is 4.09. The van der Waals surface area contributed by atoms with Crippen molar-refractivity contribution in [2.45, 2.75) is 25.4 Å². The summed E-state index contributed by atoms with van der Waals surface area (Å²) in [6, 6.07) is 5.60. The van der Waals surface area contributed by atoms with E-state index in [0.29, 0.717) is 11.6 Å². The van der Waals surface area contributed by atoms with Gasteiger partial charge in [-0.3, -0.25) is 0 Å². The van der Waals surface area contributed by atoms with Crippen LogP contribution in [0.2, 0.25) is 0 Å². The lowest BCUT2D eigenvalue weighted by molar-refractivity contribution is -0.137. The van der Waals surface area contributed by atoms with E-state index in [4.69, 9.17) is 0 Å². The number of benzene rings is 1. The topological polar surface area (TPSA) is 31.9 Å². The lowest BCUT2D eigenvalue weighted by Gasteiger charge is -2.33. The van der Waals surface area contributed by atoms with Gasteiger partial charge in [-0.25, -0.2) is 4.98 Å². The number of aromatic amines is 1. The van der Waals surface area contributed by atoms with Crippen LogP contribution in [-0.2, 0) is 12.6 Å². The average molecular weight is 309 g/mol. The van der Waals surface area contributed by atoms with Crippen molar-refractivity contribution < 1.29 is 13.2 Å². The highest BCUT2D eigenvalue weighted by Gasteiger charge is 2.31. The molecule has 1 aromatic heterocycles. The Labute approximate surface area is 127 Å². The number of imidazole rings is 1. The van der Waals surface area contributed by atoms with Crippen LogP contribution in [0.15, 0.2) is 36.8 Å². The first kappa shape index (κ1) is 14.9. The van der Waals surface area contributed by atoms with Crippen molar-refractivity contribution in [3.8, 4) is 0 Å². The van der Waals surface area contributed by atoms with E-state index < -0.39 is 11.7 Å². The monoisotopic (exact) mass is 309 g/mol. The summed E-state index contributed by atoms with van der Waals surface area (Å²) in [7, 11) is 0. The van der Waals surface area contributed by atoms with E-state index in [0.717, 1.165) is 44.1 Å². The molecule has 2 heterocycles. The third-order valence-corrected chi connectivity index (χ3v) is 4.22. The van der Waals surface area contributed by atoms with E-state index in [2.05, 4.69) is 9.97 Å². The van der Waals surface area contributed by atoms with E-state index in [1.807, 2.05) is 11.1 Å². The lowest BCUT2D eigenvalue weighted by atomic mass is 9.92. The Morgan fingerprint density at radius 2 is 2.00 bits per heavy atom. The molecule has 1 fully saturated rings. The molecule has 6 heteroatoms. The second-order valence-corrected chi connectivity index (χ2v) is 5.76. The van der Waals surface area contributed by atoms with Crippen LogP contribution in [-0.4, -0.2) is 23.1 Å². The average Bonchev–Trinajstić information content (AvgIpc) is 3.00. The number of hydrogen-bond donors (Lipinski definition) is 1. The maximum Gasteiger partial charge on any atom is 0.416 e. The molecular formula is C16H18F3N3. The van der Waals surface area contributed by atoms with Crippen LogP contribution in [0.3, 0.4) is 0 Å². The quantitative estimate of drug-likeness (QED) is 0.933. The highest BCUT2D eigenvalue weighted by Crippen LogP contribution is 2.33. The zero-order valence-electron chi connectivity index (χ0n) is 12.1. The van der Waals surface area contributed by atoms with Gasteiger partial charge in [0.2, 0.25) is 0 Å². The van der Waals surface area contributed by atoms with Gasteiger partial charge in [0.15, 0.2) is 0 Å². The molecule has 1 aliphatic heterocycles. The molecule has 0 atom stereocenters. The smallest absolute Gasteiger partial charge is 0.372 e. The number of anilines is 1. The molecular weight excluding hydrogens is 291 g/mol. The number of hydrogen-bond acceptors (Lipinski definition) is 2. The van der Waals surface area contributed by atoms with E-state index in [-0.39, 0.29) is 0 Å². The third kappa shape index (κ3) is 3.43. The van der Waals surface area contributed by atoms with Crippen LogP contribution in [0, 0.1) is 5.92 Å². The summed E-state index contributed by atoms with van der Waals surface area (Å²) in [5.41, 5.74) is 1.21. The molecule has 0 unspecified atom stereocenters. The Hall–Kier alpha value is -1.98. The molecule has 2 aromatic rings. The molecule has 1 saturated heterocycles. The molecule has 0 spiro atoms. The number of nitrogens with one attached hydrogen (secondary N) is 1. The summed E-state index contributed by atoms with van der Waals surface area (Å²) in [4.78, 5) is 9.15. The molecule has 3 rings (SSSR count). The first-order valence-electron chi connectivity index (χ1n) is 7.42. The van der Waals surface area contributed by atoms with Crippen LogP contribution in [0.25, 0.3) is 0 Å². The van der Waals surface area contributed by atoms with Crippen molar-refractivity contribution in [3.63, 3.8) is 0 Å². The Morgan fingerprint density at radius 1 is 1.23 bits per heavy atom. The van der Waals surface area contributed by atoms with Crippen molar-refractivity contribution in [2.75, 3.05) is 18.0 Å². The fourth-order valence-electron chi connectivity index (χ4n) is 2.98. The van der Waals surface area contributed by atoms with Crippen LogP contribution in [0.5, 0.6) is 0 Å². The van der Waals surface area contributed by atoms with Gasteiger partial charge in [-0.15, -0.1) is 0 Å². The van der Waals surface area contributed by atoms with Crippen molar-refractivity contribution >= 4 is 5.69 Å². The molecule has 1 aliphatic rings. The number of H-pyrrole nitrogens is 1. The van der Waals surface area contributed by atoms with Gasteiger partial charge in [-0.05, 0) is 43.4 Å². The number of rotatable bonds is 3. The van der Waals surface area contributed by atoms with Gasteiger partial charge in [-0.2, -0.15) is 13.2 Å². The van der Waals surface area contributed by atoms with Gasteiger partial charge < -0.3 is 9.88 Å². The maximum atomic E-state index is 12.8.